The Bertz CT molecular complexity index is 729. The average molecular weight is 418 g/mol. The van der Waals surface area contributed by atoms with Crippen molar-refractivity contribution in [1.29, 1.82) is 0 Å². The lowest BCUT2D eigenvalue weighted by molar-refractivity contribution is -0.109. The highest BCUT2D eigenvalue weighted by molar-refractivity contribution is 7.47. The summed E-state index contributed by atoms with van der Waals surface area (Å²) in [5.41, 5.74) is 4.95. The Morgan fingerprint density at radius 2 is 2.14 bits per heavy atom. The number of unbranched alkanes of at least 4 members (excludes halogenated alkanes) is 3. The van der Waals surface area contributed by atoms with Crippen LogP contribution in [0.15, 0.2) is 17.1 Å². The fourth-order valence-corrected chi connectivity index (χ4v) is 3.58. The van der Waals surface area contributed by atoms with E-state index in [9.17, 15) is 19.0 Å². The van der Waals surface area contributed by atoms with Gasteiger partial charge in [-0.1, -0.05) is 12.8 Å². The van der Waals surface area contributed by atoms with Crippen LogP contribution in [0.25, 0.3) is 0 Å². The number of carbonyl (C=O) groups excluding carboxylic acids is 1. The number of rotatable bonds is 13. The first-order valence-corrected chi connectivity index (χ1v) is 10.7. The van der Waals surface area contributed by atoms with Crippen molar-refractivity contribution in [3.63, 3.8) is 0 Å². The van der Waals surface area contributed by atoms with Gasteiger partial charge in [0.15, 0.2) is 0 Å². The smallest absolute Gasteiger partial charge is 0.383 e. The van der Waals surface area contributed by atoms with Crippen LogP contribution in [-0.2, 0) is 23.1 Å². The van der Waals surface area contributed by atoms with Gasteiger partial charge in [-0.05, 0) is 31.7 Å². The molecule has 4 N–H and O–H groups in total. The molecule has 1 amide bonds. The van der Waals surface area contributed by atoms with E-state index in [-0.39, 0.29) is 19.0 Å². The van der Waals surface area contributed by atoms with Crippen LogP contribution in [0.4, 0.5) is 5.82 Å². The fraction of sp³-hybridized carbons (Fsp3) is 0.688. The molecular formula is C16H27N4O7P. The first-order valence-electron chi connectivity index (χ1n) is 9.20. The van der Waals surface area contributed by atoms with E-state index in [1.807, 2.05) is 0 Å². The molecule has 0 aliphatic carbocycles. The summed E-state index contributed by atoms with van der Waals surface area (Å²) in [6.07, 6.45) is 5.51. The van der Waals surface area contributed by atoms with Gasteiger partial charge in [0.05, 0.1) is 19.3 Å². The van der Waals surface area contributed by atoms with Crippen LogP contribution in [0.2, 0.25) is 0 Å². The molecule has 1 saturated heterocycles. The predicted octanol–water partition coefficient (Wildman–Crippen LogP) is 0.943. The zero-order chi connectivity index (χ0) is 20.4. The second kappa shape index (κ2) is 11.3. The van der Waals surface area contributed by atoms with Crippen LogP contribution in [0, 0.1) is 0 Å². The number of nitrogen functional groups attached to an aromatic ring is 1. The zero-order valence-electron chi connectivity index (χ0n) is 15.6. The number of carbonyl (C=O) groups is 1. The largest absolute Gasteiger partial charge is 0.472 e. The van der Waals surface area contributed by atoms with Crippen molar-refractivity contribution < 1.29 is 28.0 Å². The molecule has 1 aromatic rings. The van der Waals surface area contributed by atoms with E-state index in [1.54, 1.807) is 0 Å². The van der Waals surface area contributed by atoms with Crippen molar-refractivity contribution in [3.8, 4) is 0 Å². The van der Waals surface area contributed by atoms with Gasteiger partial charge in [0, 0.05) is 12.7 Å². The zero-order valence-corrected chi connectivity index (χ0v) is 16.5. The van der Waals surface area contributed by atoms with Gasteiger partial charge in [-0.25, -0.2) is 9.36 Å². The van der Waals surface area contributed by atoms with E-state index in [2.05, 4.69) is 10.3 Å². The molecule has 0 aromatic carbocycles. The summed E-state index contributed by atoms with van der Waals surface area (Å²) in [6, 6.07) is 1.50. The summed E-state index contributed by atoms with van der Waals surface area (Å²) in [7, 11) is -4.16. The summed E-state index contributed by atoms with van der Waals surface area (Å²) < 4.78 is 28.9. The van der Waals surface area contributed by atoms with Crippen LogP contribution in [-0.4, -0.2) is 46.7 Å². The van der Waals surface area contributed by atoms with Gasteiger partial charge in [-0.3, -0.25) is 18.4 Å². The van der Waals surface area contributed by atoms with Crippen LogP contribution in [0.3, 0.4) is 0 Å². The van der Waals surface area contributed by atoms with Crippen LogP contribution in [0.1, 0.15) is 44.8 Å². The van der Waals surface area contributed by atoms with Crippen molar-refractivity contribution in [1.82, 2.24) is 14.9 Å². The van der Waals surface area contributed by atoms with Gasteiger partial charge >= 0.3 is 13.5 Å². The molecular weight excluding hydrogens is 391 g/mol. The molecule has 1 aliphatic heterocycles. The van der Waals surface area contributed by atoms with Gasteiger partial charge in [-0.2, -0.15) is 4.98 Å². The Morgan fingerprint density at radius 1 is 1.36 bits per heavy atom. The molecule has 1 aliphatic rings. The summed E-state index contributed by atoms with van der Waals surface area (Å²) >= 11 is 0. The Kier molecular flexibility index (Phi) is 9.07. The molecule has 28 heavy (non-hydrogen) atoms. The standard InChI is InChI=1S/C16H27N4O7P/c17-14-7-9-20(16(22)19-14)15-6-5-13(27-15)11-26-28(23,24)25-10-4-2-1-3-8-18-12-21/h7,9,12-13,15H,1-6,8,10-11H2,(H,18,21)(H,23,24)(H2,17,19,22)/t13-,15+/m0/s1. The SMILES string of the molecule is Nc1ccn([C@H]2CC[C@@H](COP(=O)(O)OCCCCCCNC=O)O2)c(=O)n1. The van der Waals surface area contributed by atoms with E-state index < -0.39 is 25.8 Å². The highest BCUT2D eigenvalue weighted by Gasteiger charge is 2.30. The number of nitrogens with two attached hydrogens (primary N) is 1. The number of nitrogens with zero attached hydrogens (tertiary/aromatic N) is 2. The molecule has 1 aromatic heterocycles. The quantitative estimate of drug-likeness (QED) is 0.241. The van der Waals surface area contributed by atoms with Crippen molar-refractivity contribution in [2.75, 3.05) is 25.5 Å². The number of hydrogen-bond acceptors (Lipinski definition) is 8. The highest BCUT2D eigenvalue weighted by atomic mass is 31.2. The summed E-state index contributed by atoms with van der Waals surface area (Å²) in [5, 5.41) is 2.57. The highest BCUT2D eigenvalue weighted by Crippen LogP contribution is 2.44. The van der Waals surface area contributed by atoms with Crippen molar-refractivity contribution >= 4 is 20.1 Å². The van der Waals surface area contributed by atoms with Gasteiger partial charge in [0.25, 0.3) is 0 Å². The first-order chi connectivity index (χ1) is 13.4. The number of amides is 1. The van der Waals surface area contributed by atoms with E-state index in [0.29, 0.717) is 32.2 Å². The van der Waals surface area contributed by atoms with Gasteiger partial charge in [0.2, 0.25) is 6.41 Å². The number of nitrogens with one attached hydrogen (secondary N) is 1. The minimum absolute atomic E-state index is 0.107. The topological polar surface area (TPSA) is 155 Å². The normalized spacial score (nSPS) is 21.3. The maximum atomic E-state index is 11.9. The number of hydrogen-bond donors (Lipinski definition) is 3. The number of aromatic nitrogens is 2. The Balaban J connectivity index is 1.64. The lowest BCUT2D eigenvalue weighted by Crippen LogP contribution is -2.27. The second-order valence-electron chi connectivity index (χ2n) is 6.42. The second-order valence-corrected chi connectivity index (χ2v) is 7.87. The molecule has 2 heterocycles. The Morgan fingerprint density at radius 3 is 2.89 bits per heavy atom. The fourth-order valence-electron chi connectivity index (χ4n) is 2.80. The molecule has 158 valence electrons. The lowest BCUT2D eigenvalue weighted by atomic mass is 10.2. The van der Waals surface area contributed by atoms with E-state index >= 15 is 0 Å². The van der Waals surface area contributed by atoms with Crippen molar-refractivity contribution in [2.24, 2.45) is 0 Å². The maximum absolute atomic E-state index is 11.9. The van der Waals surface area contributed by atoms with Gasteiger partial charge in [0.1, 0.15) is 12.0 Å². The van der Waals surface area contributed by atoms with E-state index in [1.165, 1.54) is 16.8 Å². The molecule has 0 saturated carbocycles. The van der Waals surface area contributed by atoms with Crippen molar-refractivity contribution in [2.45, 2.75) is 50.9 Å². The summed E-state index contributed by atoms with van der Waals surface area (Å²) in [4.78, 5) is 35.3. The molecule has 11 nitrogen and oxygen atoms in total. The summed E-state index contributed by atoms with van der Waals surface area (Å²) in [5.74, 6) is 0.134. The molecule has 1 fully saturated rings. The summed E-state index contributed by atoms with van der Waals surface area (Å²) in [6.45, 7) is 0.612. The van der Waals surface area contributed by atoms with Crippen LogP contribution < -0.4 is 16.7 Å². The molecule has 3 atom stereocenters. The average Bonchev–Trinajstić information content (AvgIpc) is 3.11. The third-order valence-corrected chi connectivity index (χ3v) is 5.21. The van der Waals surface area contributed by atoms with E-state index in [0.717, 1.165) is 19.3 Å². The molecule has 1 unspecified atom stereocenters. The van der Waals surface area contributed by atoms with Crippen LogP contribution in [0.5, 0.6) is 0 Å². The number of anilines is 1. The number of phosphoric ester groups is 1. The number of phosphoric acid groups is 1. The first kappa shape index (κ1) is 22.5. The minimum atomic E-state index is -4.16. The molecule has 12 heteroatoms. The minimum Gasteiger partial charge on any atom is -0.383 e. The monoisotopic (exact) mass is 418 g/mol. The Hall–Kier alpha value is -1.78. The lowest BCUT2D eigenvalue weighted by Gasteiger charge is -2.17. The molecule has 2 rings (SSSR count). The van der Waals surface area contributed by atoms with Gasteiger partial charge in [-0.15, -0.1) is 0 Å². The molecule has 0 bridgehead atoms. The van der Waals surface area contributed by atoms with Crippen molar-refractivity contribution in [3.05, 3.63) is 22.7 Å². The molecule has 0 spiro atoms. The van der Waals surface area contributed by atoms with Gasteiger partial charge < -0.3 is 20.7 Å². The molecule has 0 radical (unpaired) electrons. The van der Waals surface area contributed by atoms with Crippen LogP contribution >= 0.6 is 7.82 Å². The Labute approximate surface area is 162 Å². The predicted molar refractivity (Wildman–Crippen MR) is 100 cm³/mol. The maximum Gasteiger partial charge on any atom is 0.472 e. The third kappa shape index (κ3) is 7.69. The third-order valence-electron chi connectivity index (χ3n) is 4.22. The number of ether oxygens (including phenoxy) is 1. The van der Waals surface area contributed by atoms with E-state index in [4.69, 9.17) is 19.5 Å².